The highest BCUT2D eigenvalue weighted by Gasteiger charge is 2.58. The molecule has 1 aliphatic carbocycles. The van der Waals surface area contributed by atoms with Crippen molar-refractivity contribution in [1.29, 1.82) is 0 Å². The zero-order valence-corrected chi connectivity index (χ0v) is 18.5. The lowest BCUT2D eigenvalue weighted by Gasteiger charge is -2.32. The van der Waals surface area contributed by atoms with Crippen molar-refractivity contribution in [2.24, 2.45) is 5.41 Å². The molecule has 0 radical (unpaired) electrons. The molecule has 2 aromatic heterocycles. The SMILES string of the molecule is CN(C)S(=O)(=O)c1ccc(CN2CCC3(CC2)C[C@H]3c2nnc(-c3ccccc3)o2)o1. The van der Waals surface area contributed by atoms with Crippen LogP contribution in [0.3, 0.4) is 0 Å². The van der Waals surface area contributed by atoms with Gasteiger partial charge in [-0.3, -0.25) is 4.90 Å². The summed E-state index contributed by atoms with van der Waals surface area (Å²) in [6.45, 7) is 2.49. The third-order valence-electron chi connectivity index (χ3n) is 6.55. The monoisotopic (exact) mass is 442 g/mol. The summed E-state index contributed by atoms with van der Waals surface area (Å²) >= 11 is 0. The Balaban J connectivity index is 1.19. The highest BCUT2D eigenvalue weighted by atomic mass is 32.2. The summed E-state index contributed by atoms with van der Waals surface area (Å²) in [7, 11) is -0.537. The molecule has 2 fully saturated rings. The Bertz CT molecular complexity index is 1160. The van der Waals surface area contributed by atoms with Crippen LogP contribution in [-0.2, 0) is 16.6 Å². The quantitative estimate of drug-likeness (QED) is 0.578. The van der Waals surface area contributed by atoms with Gasteiger partial charge in [0.25, 0.3) is 10.0 Å². The van der Waals surface area contributed by atoms with Crippen LogP contribution in [-0.4, -0.2) is 55.0 Å². The molecule has 1 spiro atoms. The van der Waals surface area contributed by atoms with Gasteiger partial charge in [0.05, 0.1) is 6.54 Å². The maximum atomic E-state index is 12.2. The number of benzene rings is 1. The summed E-state index contributed by atoms with van der Waals surface area (Å²) in [5.41, 5.74) is 1.19. The van der Waals surface area contributed by atoms with E-state index in [9.17, 15) is 8.42 Å². The van der Waals surface area contributed by atoms with Gasteiger partial charge in [-0.25, -0.2) is 12.7 Å². The Labute approximate surface area is 181 Å². The van der Waals surface area contributed by atoms with Crippen molar-refractivity contribution in [3.8, 4) is 11.5 Å². The molecular weight excluding hydrogens is 416 g/mol. The lowest BCUT2D eigenvalue weighted by Crippen LogP contribution is -2.34. The highest BCUT2D eigenvalue weighted by molar-refractivity contribution is 7.88. The summed E-state index contributed by atoms with van der Waals surface area (Å²) in [5, 5.41) is 8.56. The Morgan fingerprint density at radius 3 is 2.52 bits per heavy atom. The fourth-order valence-electron chi connectivity index (χ4n) is 4.46. The van der Waals surface area contributed by atoms with Gasteiger partial charge in [0.1, 0.15) is 5.76 Å². The van der Waals surface area contributed by atoms with Crippen LogP contribution in [0.5, 0.6) is 0 Å². The second-order valence-corrected chi connectivity index (χ2v) is 10.8. The fraction of sp³-hybridized carbons (Fsp3) is 0.455. The minimum absolute atomic E-state index is 0.00569. The van der Waals surface area contributed by atoms with Crippen molar-refractivity contribution in [2.75, 3.05) is 27.2 Å². The van der Waals surface area contributed by atoms with Gasteiger partial charge in [0, 0.05) is 25.6 Å². The Morgan fingerprint density at radius 1 is 1.06 bits per heavy atom. The minimum atomic E-state index is -3.54. The molecule has 3 heterocycles. The number of furan rings is 1. The van der Waals surface area contributed by atoms with Gasteiger partial charge < -0.3 is 8.83 Å². The van der Waals surface area contributed by atoms with Crippen molar-refractivity contribution in [3.63, 3.8) is 0 Å². The number of rotatable bonds is 6. The molecule has 0 amide bonds. The molecular formula is C22H26N4O4S. The first-order valence-corrected chi connectivity index (χ1v) is 11.9. The van der Waals surface area contributed by atoms with E-state index in [-0.39, 0.29) is 10.5 Å². The zero-order valence-electron chi connectivity index (χ0n) is 17.7. The normalized spacial score (nSPS) is 21.1. The van der Waals surface area contributed by atoms with E-state index in [2.05, 4.69) is 15.1 Å². The average Bonchev–Trinajstić information content (AvgIpc) is 3.14. The molecule has 1 aliphatic heterocycles. The van der Waals surface area contributed by atoms with Crippen LogP contribution in [0.1, 0.15) is 36.8 Å². The molecule has 9 heteroatoms. The van der Waals surface area contributed by atoms with Gasteiger partial charge in [-0.15, -0.1) is 10.2 Å². The van der Waals surface area contributed by atoms with Crippen molar-refractivity contribution < 1.29 is 17.3 Å². The first kappa shape index (κ1) is 20.4. The maximum Gasteiger partial charge on any atom is 0.275 e. The number of sulfonamides is 1. The van der Waals surface area contributed by atoms with E-state index in [0.29, 0.717) is 24.1 Å². The Hall–Kier alpha value is -2.49. The third-order valence-corrected chi connectivity index (χ3v) is 8.24. The Kier molecular flexibility index (Phi) is 4.99. The first-order chi connectivity index (χ1) is 14.9. The van der Waals surface area contributed by atoms with E-state index < -0.39 is 10.0 Å². The highest BCUT2D eigenvalue weighted by Crippen LogP contribution is 2.64. The maximum absolute atomic E-state index is 12.2. The van der Waals surface area contributed by atoms with Gasteiger partial charge in [0.15, 0.2) is 0 Å². The third kappa shape index (κ3) is 3.81. The molecule has 1 saturated heterocycles. The molecule has 1 atom stereocenters. The van der Waals surface area contributed by atoms with E-state index in [1.165, 1.54) is 20.2 Å². The number of nitrogens with zero attached hydrogens (tertiary/aromatic N) is 4. The van der Waals surface area contributed by atoms with Crippen LogP contribution in [0.15, 0.2) is 56.4 Å². The number of aromatic nitrogens is 2. The molecule has 0 N–H and O–H groups in total. The molecule has 3 aromatic rings. The molecule has 5 rings (SSSR count). The van der Waals surface area contributed by atoms with Crippen LogP contribution in [0.25, 0.3) is 11.5 Å². The number of piperidine rings is 1. The van der Waals surface area contributed by atoms with Gasteiger partial charge >= 0.3 is 0 Å². The van der Waals surface area contributed by atoms with Crippen LogP contribution in [0, 0.1) is 5.41 Å². The van der Waals surface area contributed by atoms with Gasteiger partial charge in [0.2, 0.25) is 16.9 Å². The van der Waals surface area contributed by atoms with Gasteiger partial charge in [-0.2, -0.15) is 0 Å². The van der Waals surface area contributed by atoms with Crippen LogP contribution in [0.4, 0.5) is 0 Å². The molecule has 2 aliphatic rings. The molecule has 0 bridgehead atoms. The molecule has 1 saturated carbocycles. The number of likely N-dealkylation sites (tertiary alicyclic amines) is 1. The summed E-state index contributed by atoms with van der Waals surface area (Å²) in [4.78, 5) is 2.31. The standard InChI is InChI=1S/C22H26N4O4S/c1-25(2)31(27,28)19-9-8-17(29-19)15-26-12-10-22(11-13-26)14-18(22)21-24-23-20(30-21)16-6-4-3-5-7-16/h3-9,18H,10-15H2,1-2H3/t18-/m0/s1. The Morgan fingerprint density at radius 2 is 1.81 bits per heavy atom. The summed E-state index contributed by atoms with van der Waals surface area (Å²) in [6, 6.07) is 13.1. The van der Waals surface area contributed by atoms with E-state index in [1.807, 2.05) is 30.3 Å². The molecule has 8 nitrogen and oxygen atoms in total. The largest absolute Gasteiger partial charge is 0.447 e. The number of hydrogen-bond acceptors (Lipinski definition) is 7. The van der Waals surface area contributed by atoms with E-state index >= 15 is 0 Å². The topological polar surface area (TPSA) is 92.7 Å². The minimum Gasteiger partial charge on any atom is -0.447 e. The fourth-order valence-corrected chi connectivity index (χ4v) is 5.27. The molecule has 0 unspecified atom stereocenters. The van der Waals surface area contributed by atoms with Crippen molar-refractivity contribution in [1.82, 2.24) is 19.4 Å². The summed E-state index contributed by atoms with van der Waals surface area (Å²) < 4.78 is 37.1. The lowest BCUT2D eigenvalue weighted by molar-refractivity contribution is 0.148. The van der Waals surface area contributed by atoms with Crippen molar-refractivity contribution >= 4 is 10.0 Å². The zero-order chi connectivity index (χ0) is 21.6. The summed E-state index contributed by atoms with van der Waals surface area (Å²) in [5.74, 6) is 2.33. The first-order valence-electron chi connectivity index (χ1n) is 10.5. The van der Waals surface area contributed by atoms with Crippen LogP contribution in [0.2, 0.25) is 0 Å². The molecule has 31 heavy (non-hydrogen) atoms. The predicted molar refractivity (Wildman–Crippen MR) is 114 cm³/mol. The molecule has 1 aromatic carbocycles. The van der Waals surface area contributed by atoms with Crippen LogP contribution >= 0.6 is 0 Å². The molecule has 164 valence electrons. The van der Waals surface area contributed by atoms with Crippen molar-refractivity contribution in [2.45, 2.75) is 36.8 Å². The van der Waals surface area contributed by atoms with E-state index in [0.717, 1.165) is 48.1 Å². The second-order valence-electron chi connectivity index (χ2n) is 8.71. The lowest BCUT2D eigenvalue weighted by atomic mass is 9.90. The smallest absolute Gasteiger partial charge is 0.275 e. The van der Waals surface area contributed by atoms with Crippen molar-refractivity contribution in [3.05, 3.63) is 54.1 Å². The average molecular weight is 443 g/mol. The predicted octanol–water partition coefficient (Wildman–Crippen LogP) is 3.35. The van der Waals surface area contributed by atoms with E-state index in [4.69, 9.17) is 8.83 Å². The summed E-state index contributed by atoms with van der Waals surface area (Å²) in [6.07, 6.45) is 3.21. The van der Waals surface area contributed by atoms with Gasteiger partial charge in [-0.1, -0.05) is 18.2 Å². The van der Waals surface area contributed by atoms with Gasteiger partial charge in [-0.05, 0) is 62.0 Å². The van der Waals surface area contributed by atoms with E-state index in [1.54, 1.807) is 6.07 Å². The number of hydrogen-bond donors (Lipinski definition) is 0. The van der Waals surface area contributed by atoms with Crippen LogP contribution < -0.4 is 0 Å². The second kappa shape index (κ2) is 7.58.